The summed E-state index contributed by atoms with van der Waals surface area (Å²) in [4.78, 5) is 52.2. The van der Waals surface area contributed by atoms with E-state index < -0.39 is 0 Å². The molecule has 2 aromatic rings. The van der Waals surface area contributed by atoms with Crippen molar-refractivity contribution in [2.45, 2.75) is 51.4 Å². The van der Waals surface area contributed by atoms with Crippen LogP contribution in [0.25, 0.3) is 0 Å². The van der Waals surface area contributed by atoms with Crippen molar-refractivity contribution in [1.82, 2.24) is 10.2 Å². The average Bonchev–Trinajstić information content (AvgIpc) is 3.28. The van der Waals surface area contributed by atoms with Gasteiger partial charge < -0.3 is 10.6 Å². The molecule has 7 nitrogen and oxygen atoms in total. The van der Waals surface area contributed by atoms with Gasteiger partial charge in [0, 0.05) is 24.9 Å². The summed E-state index contributed by atoms with van der Waals surface area (Å²) in [6, 6.07) is 6.86. The van der Waals surface area contributed by atoms with E-state index in [2.05, 4.69) is 10.6 Å². The fraction of sp³-hybridized carbons (Fsp3) is 0.417. The van der Waals surface area contributed by atoms with Crippen LogP contribution in [0.1, 0.15) is 80.0 Å². The molecular formula is C24H27N3O4S. The van der Waals surface area contributed by atoms with Gasteiger partial charge >= 0.3 is 0 Å². The molecule has 2 aliphatic rings. The molecule has 4 amide bonds. The van der Waals surface area contributed by atoms with Crippen LogP contribution in [0.15, 0.2) is 24.3 Å². The van der Waals surface area contributed by atoms with Crippen LogP contribution in [0.4, 0.5) is 5.00 Å². The van der Waals surface area contributed by atoms with Gasteiger partial charge in [0.1, 0.15) is 5.00 Å². The van der Waals surface area contributed by atoms with E-state index in [4.69, 9.17) is 0 Å². The maximum Gasteiger partial charge on any atom is 0.261 e. The number of carbonyl (C=O) groups excluding carboxylic acids is 4. The summed E-state index contributed by atoms with van der Waals surface area (Å²) in [6.45, 7) is 0.354. The highest BCUT2D eigenvalue weighted by molar-refractivity contribution is 7.17. The molecule has 8 heteroatoms. The Kier molecular flexibility index (Phi) is 6.69. The minimum atomic E-state index is -0.244. The number of anilines is 1. The number of imide groups is 1. The van der Waals surface area contributed by atoms with E-state index in [1.54, 1.807) is 31.3 Å². The Balaban J connectivity index is 1.26. The highest BCUT2D eigenvalue weighted by Gasteiger charge is 2.34. The summed E-state index contributed by atoms with van der Waals surface area (Å²) in [7, 11) is 1.61. The molecule has 0 spiro atoms. The zero-order chi connectivity index (χ0) is 22.7. The Morgan fingerprint density at radius 2 is 1.69 bits per heavy atom. The number of benzene rings is 1. The number of nitrogens with one attached hydrogen (secondary N) is 2. The van der Waals surface area contributed by atoms with E-state index in [-0.39, 0.29) is 23.6 Å². The van der Waals surface area contributed by atoms with Crippen LogP contribution in [0.2, 0.25) is 0 Å². The average molecular weight is 454 g/mol. The van der Waals surface area contributed by atoms with Gasteiger partial charge in [-0.15, -0.1) is 11.3 Å². The molecule has 0 bridgehead atoms. The number of fused-ring (bicyclic) bond motifs is 2. The van der Waals surface area contributed by atoms with Gasteiger partial charge in [-0.05, 0) is 56.2 Å². The molecule has 1 aliphatic carbocycles. The van der Waals surface area contributed by atoms with Crippen LogP contribution in [0.5, 0.6) is 0 Å². The molecule has 168 valence electrons. The topological polar surface area (TPSA) is 95.6 Å². The van der Waals surface area contributed by atoms with E-state index in [1.165, 1.54) is 21.1 Å². The third kappa shape index (κ3) is 4.32. The lowest BCUT2D eigenvalue weighted by Crippen LogP contribution is -2.30. The summed E-state index contributed by atoms with van der Waals surface area (Å²) >= 11 is 1.51. The largest absolute Gasteiger partial charge is 0.355 e. The van der Waals surface area contributed by atoms with E-state index in [9.17, 15) is 19.2 Å². The normalized spacial score (nSPS) is 14.8. The fourth-order valence-corrected chi connectivity index (χ4v) is 5.69. The van der Waals surface area contributed by atoms with Crippen LogP contribution in [-0.2, 0) is 17.6 Å². The predicted molar refractivity (Wildman–Crippen MR) is 123 cm³/mol. The van der Waals surface area contributed by atoms with Crippen molar-refractivity contribution < 1.29 is 19.2 Å². The Hall–Kier alpha value is -3.00. The monoisotopic (exact) mass is 453 g/mol. The standard InChI is InChI=1S/C24H27N3O4S/c1-25-21(29)20-17-11-6-7-12-18(17)32-22(20)26-19(28)13-3-2-8-14-27-23(30)15-9-4-5-10-16(15)24(27)31/h4-5,9-10H,2-3,6-8,11-14H2,1H3,(H,25,29)(H,26,28). The van der Waals surface area contributed by atoms with Crippen LogP contribution in [0, 0.1) is 0 Å². The zero-order valence-corrected chi connectivity index (χ0v) is 19.0. The molecule has 32 heavy (non-hydrogen) atoms. The lowest BCUT2D eigenvalue weighted by Gasteiger charge is -2.13. The van der Waals surface area contributed by atoms with Crippen molar-refractivity contribution in [3.8, 4) is 0 Å². The van der Waals surface area contributed by atoms with E-state index in [0.29, 0.717) is 47.5 Å². The SMILES string of the molecule is CNC(=O)c1c(NC(=O)CCCCCN2C(=O)c3ccccc3C2=O)sc2c1CCCC2. The molecule has 0 saturated carbocycles. The van der Waals surface area contributed by atoms with E-state index in [1.807, 2.05) is 0 Å². The Labute approximate surface area is 191 Å². The molecule has 0 saturated heterocycles. The van der Waals surface area contributed by atoms with Gasteiger partial charge in [-0.3, -0.25) is 24.1 Å². The highest BCUT2D eigenvalue weighted by atomic mass is 32.1. The lowest BCUT2D eigenvalue weighted by molar-refractivity contribution is -0.116. The first-order valence-corrected chi connectivity index (χ1v) is 11.9. The number of unbranched alkanes of at least 4 members (excludes halogenated alkanes) is 2. The van der Waals surface area contributed by atoms with Crippen molar-refractivity contribution >= 4 is 40.0 Å². The second-order valence-corrected chi connectivity index (χ2v) is 9.27. The number of thiophene rings is 1. The summed E-state index contributed by atoms with van der Waals surface area (Å²) < 4.78 is 0. The molecule has 1 aromatic carbocycles. The Morgan fingerprint density at radius 3 is 2.38 bits per heavy atom. The molecule has 4 rings (SSSR count). The van der Waals surface area contributed by atoms with E-state index in [0.717, 1.165) is 37.7 Å². The molecule has 0 unspecified atom stereocenters. The summed E-state index contributed by atoms with van der Waals surface area (Å²) in [5.74, 6) is -0.756. The fourth-order valence-electron chi connectivity index (χ4n) is 4.38. The summed E-state index contributed by atoms with van der Waals surface area (Å²) in [5.41, 5.74) is 2.62. The second kappa shape index (κ2) is 9.65. The maximum atomic E-state index is 12.5. The van der Waals surface area contributed by atoms with Crippen molar-refractivity contribution in [3.63, 3.8) is 0 Å². The van der Waals surface area contributed by atoms with Crippen molar-refractivity contribution in [1.29, 1.82) is 0 Å². The number of carbonyl (C=O) groups is 4. The highest BCUT2D eigenvalue weighted by Crippen LogP contribution is 2.38. The van der Waals surface area contributed by atoms with Gasteiger partial charge in [0.2, 0.25) is 5.91 Å². The zero-order valence-electron chi connectivity index (χ0n) is 18.2. The summed E-state index contributed by atoms with van der Waals surface area (Å²) in [5, 5.41) is 6.27. The molecule has 1 aliphatic heterocycles. The first-order valence-electron chi connectivity index (χ1n) is 11.1. The number of hydrogen-bond donors (Lipinski definition) is 2. The Morgan fingerprint density at radius 1 is 1.00 bits per heavy atom. The van der Waals surface area contributed by atoms with Crippen LogP contribution < -0.4 is 10.6 Å². The van der Waals surface area contributed by atoms with E-state index >= 15 is 0 Å². The molecule has 2 N–H and O–H groups in total. The minimum Gasteiger partial charge on any atom is -0.355 e. The number of amides is 4. The third-order valence-corrected chi connectivity index (χ3v) is 7.25. The molecule has 0 fully saturated rings. The molecular weight excluding hydrogens is 426 g/mol. The van der Waals surface area contributed by atoms with Crippen molar-refractivity contribution in [2.24, 2.45) is 0 Å². The van der Waals surface area contributed by atoms with Crippen molar-refractivity contribution in [2.75, 3.05) is 18.9 Å². The second-order valence-electron chi connectivity index (χ2n) is 8.16. The van der Waals surface area contributed by atoms with Gasteiger partial charge in [0.25, 0.3) is 17.7 Å². The first kappa shape index (κ1) is 22.2. The quantitative estimate of drug-likeness (QED) is 0.470. The minimum absolute atomic E-state index is 0.116. The van der Waals surface area contributed by atoms with Gasteiger partial charge in [0.15, 0.2) is 0 Å². The van der Waals surface area contributed by atoms with Gasteiger partial charge in [-0.2, -0.15) is 0 Å². The summed E-state index contributed by atoms with van der Waals surface area (Å²) in [6.07, 6.45) is 6.36. The smallest absolute Gasteiger partial charge is 0.261 e. The van der Waals surface area contributed by atoms with Gasteiger partial charge in [0.05, 0.1) is 16.7 Å². The number of rotatable bonds is 8. The lowest BCUT2D eigenvalue weighted by atomic mass is 9.95. The van der Waals surface area contributed by atoms with Crippen molar-refractivity contribution in [3.05, 3.63) is 51.4 Å². The predicted octanol–water partition coefficient (Wildman–Crippen LogP) is 3.78. The number of hydrogen-bond acceptors (Lipinski definition) is 5. The first-order chi connectivity index (χ1) is 15.5. The number of aryl methyl sites for hydroxylation is 1. The van der Waals surface area contributed by atoms with Crippen LogP contribution in [-0.4, -0.2) is 42.1 Å². The maximum absolute atomic E-state index is 12.5. The van der Waals surface area contributed by atoms with Crippen LogP contribution in [0.3, 0.4) is 0 Å². The molecule has 2 heterocycles. The van der Waals surface area contributed by atoms with Crippen LogP contribution >= 0.6 is 11.3 Å². The number of nitrogens with zero attached hydrogens (tertiary/aromatic N) is 1. The molecule has 0 atom stereocenters. The Bertz CT molecular complexity index is 1040. The molecule has 1 aromatic heterocycles. The molecule has 0 radical (unpaired) electrons. The van der Waals surface area contributed by atoms with Gasteiger partial charge in [-0.1, -0.05) is 18.6 Å². The van der Waals surface area contributed by atoms with Gasteiger partial charge in [-0.25, -0.2) is 0 Å². The third-order valence-electron chi connectivity index (χ3n) is 6.04.